The summed E-state index contributed by atoms with van der Waals surface area (Å²) in [5.74, 6) is -1.16. The first-order valence-corrected chi connectivity index (χ1v) is 6.10. The molecule has 0 saturated heterocycles. The van der Waals surface area contributed by atoms with Gasteiger partial charge in [-0.2, -0.15) is 0 Å². The highest BCUT2D eigenvalue weighted by Crippen LogP contribution is 2.35. The Morgan fingerprint density at radius 1 is 1.60 bits per heavy atom. The van der Waals surface area contributed by atoms with Crippen LogP contribution in [0.3, 0.4) is 0 Å². The molecule has 1 atom stereocenters. The number of nitrogens with zero attached hydrogens (tertiary/aromatic N) is 2. The highest BCUT2D eigenvalue weighted by atomic mass is 35.5. The number of nitro benzene ring substituents is 1. The third-order valence-corrected chi connectivity index (χ3v) is 3.39. The van der Waals surface area contributed by atoms with Gasteiger partial charge in [-0.25, -0.2) is 0 Å². The molecule has 1 heterocycles. The number of carbonyl (C=O) groups is 1. The van der Waals surface area contributed by atoms with Crippen LogP contribution in [0.4, 0.5) is 5.69 Å². The highest BCUT2D eigenvalue weighted by molar-refractivity contribution is 6.35. The van der Waals surface area contributed by atoms with Crippen molar-refractivity contribution in [3.63, 3.8) is 0 Å². The van der Waals surface area contributed by atoms with Crippen LogP contribution < -0.4 is 5.73 Å². The fourth-order valence-corrected chi connectivity index (χ4v) is 2.50. The van der Waals surface area contributed by atoms with Crippen LogP contribution in [0, 0.1) is 10.1 Å². The van der Waals surface area contributed by atoms with Gasteiger partial charge in [0.25, 0.3) is 5.69 Å². The number of carboxylic acid groups (broad SMARTS) is 1. The van der Waals surface area contributed by atoms with Crippen molar-refractivity contribution in [3.05, 3.63) is 39.0 Å². The first kappa shape index (κ1) is 14.3. The van der Waals surface area contributed by atoms with E-state index in [1.807, 2.05) is 0 Å². The predicted molar refractivity (Wildman–Crippen MR) is 73.9 cm³/mol. The Bertz CT molecular complexity index is 710. The number of hydrogen-bond acceptors (Lipinski definition) is 4. The highest BCUT2D eigenvalue weighted by Gasteiger charge is 2.23. The second kappa shape index (κ2) is 5.10. The van der Waals surface area contributed by atoms with E-state index < -0.39 is 16.9 Å². The number of carboxylic acids is 1. The molecule has 3 N–H and O–H groups in total. The van der Waals surface area contributed by atoms with E-state index in [4.69, 9.17) is 22.4 Å². The van der Waals surface area contributed by atoms with Crippen molar-refractivity contribution in [1.29, 1.82) is 0 Å². The Balaban J connectivity index is 2.69. The number of hydrogen-bond donors (Lipinski definition) is 2. The fraction of sp³-hybridized carbons (Fsp3) is 0.250. The second-order valence-corrected chi connectivity index (χ2v) is 4.87. The number of aromatic nitrogens is 1. The summed E-state index contributed by atoms with van der Waals surface area (Å²) in [6.45, 7) is 0. The molecule has 1 aromatic heterocycles. The van der Waals surface area contributed by atoms with Gasteiger partial charge in [-0.15, -0.1) is 0 Å². The Morgan fingerprint density at radius 3 is 2.80 bits per heavy atom. The lowest BCUT2D eigenvalue weighted by Gasteiger charge is -2.05. The number of benzene rings is 1. The molecular formula is C12H12ClN3O4. The lowest BCUT2D eigenvalue weighted by Crippen LogP contribution is -2.32. The summed E-state index contributed by atoms with van der Waals surface area (Å²) in [5.41, 5.74) is 6.37. The fourth-order valence-electron chi connectivity index (χ4n) is 2.21. The number of non-ortho nitro benzene ring substituents is 1. The van der Waals surface area contributed by atoms with Gasteiger partial charge in [0.1, 0.15) is 6.04 Å². The van der Waals surface area contributed by atoms with Crippen molar-refractivity contribution < 1.29 is 14.8 Å². The molecule has 0 fully saturated rings. The first-order chi connectivity index (χ1) is 9.32. The molecule has 0 amide bonds. The van der Waals surface area contributed by atoms with Crippen LogP contribution >= 0.6 is 11.6 Å². The molecule has 1 unspecified atom stereocenters. The predicted octanol–water partition coefficient (Wildman–Crippen LogP) is 1.69. The summed E-state index contributed by atoms with van der Waals surface area (Å²) in [6, 6.07) is 1.63. The maximum atomic E-state index is 11.1. The van der Waals surface area contributed by atoms with E-state index in [-0.39, 0.29) is 12.1 Å². The van der Waals surface area contributed by atoms with E-state index in [1.54, 1.807) is 17.8 Å². The number of rotatable bonds is 4. The molecule has 2 aromatic rings. The van der Waals surface area contributed by atoms with Crippen LogP contribution in [0.2, 0.25) is 5.02 Å². The Hall–Kier alpha value is -2.12. The van der Waals surface area contributed by atoms with E-state index in [1.165, 1.54) is 12.1 Å². The van der Waals surface area contributed by atoms with Gasteiger partial charge in [0.05, 0.1) is 20.8 Å². The van der Waals surface area contributed by atoms with Gasteiger partial charge in [0.15, 0.2) is 0 Å². The van der Waals surface area contributed by atoms with Gasteiger partial charge in [-0.3, -0.25) is 14.9 Å². The summed E-state index contributed by atoms with van der Waals surface area (Å²) in [7, 11) is 1.69. The molecule has 1 aromatic carbocycles. The minimum atomic E-state index is -1.16. The smallest absolute Gasteiger partial charge is 0.320 e. The van der Waals surface area contributed by atoms with Crippen LogP contribution in [-0.4, -0.2) is 26.6 Å². The molecule has 106 valence electrons. The topological polar surface area (TPSA) is 111 Å². The molecule has 20 heavy (non-hydrogen) atoms. The standard InChI is InChI=1S/C12H12ClN3O4/c1-15-5-6(4-8(14)12(17)18)10-9(16(19)20)3-2-7(13)11(10)15/h2-3,5,8H,4,14H2,1H3,(H,17,18). The third kappa shape index (κ3) is 2.33. The van der Waals surface area contributed by atoms with Gasteiger partial charge in [0, 0.05) is 25.7 Å². The minimum Gasteiger partial charge on any atom is -0.480 e. The molecule has 0 spiro atoms. The molecule has 0 aliphatic rings. The van der Waals surface area contributed by atoms with Crippen molar-refractivity contribution in [3.8, 4) is 0 Å². The second-order valence-electron chi connectivity index (χ2n) is 4.46. The van der Waals surface area contributed by atoms with Crippen LogP contribution in [0.1, 0.15) is 5.56 Å². The van der Waals surface area contributed by atoms with Gasteiger partial charge >= 0.3 is 5.97 Å². The summed E-state index contributed by atoms with van der Waals surface area (Å²) in [6.07, 6.45) is 1.61. The number of fused-ring (bicyclic) bond motifs is 1. The van der Waals surface area contributed by atoms with Crippen LogP contribution in [0.25, 0.3) is 10.9 Å². The van der Waals surface area contributed by atoms with Crippen LogP contribution in [-0.2, 0) is 18.3 Å². The zero-order valence-corrected chi connectivity index (χ0v) is 11.3. The van der Waals surface area contributed by atoms with Gasteiger partial charge in [-0.05, 0) is 11.6 Å². The van der Waals surface area contributed by atoms with E-state index in [9.17, 15) is 14.9 Å². The largest absolute Gasteiger partial charge is 0.480 e. The Morgan fingerprint density at radius 2 is 2.25 bits per heavy atom. The van der Waals surface area contributed by atoms with Gasteiger partial charge < -0.3 is 15.4 Å². The number of aliphatic carboxylic acids is 1. The Kier molecular flexibility index (Phi) is 3.65. The molecular weight excluding hydrogens is 286 g/mol. The zero-order valence-electron chi connectivity index (χ0n) is 10.5. The first-order valence-electron chi connectivity index (χ1n) is 5.72. The summed E-state index contributed by atoms with van der Waals surface area (Å²) in [4.78, 5) is 21.4. The maximum Gasteiger partial charge on any atom is 0.320 e. The zero-order chi connectivity index (χ0) is 15.0. The van der Waals surface area contributed by atoms with Gasteiger partial charge in [0.2, 0.25) is 0 Å². The molecule has 2 rings (SSSR count). The van der Waals surface area contributed by atoms with E-state index >= 15 is 0 Å². The molecule has 7 nitrogen and oxygen atoms in total. The monoisotopic (exact) mass is 297 g/mol. The minimum absolute atomic E-state index is 0.00610. The van der Waals surface area contributed by atoms with E-state index in [0.29, 0.717) is 21.5 Å². The van der Waals surface area contributed by atoms with Crippen molar-refractivity contribution in [2.75, 3.05) is 0 Å². The molecule has 0 radical (unpaired) electrons. The van der Waals surface area contributed by atoms with Gasteiger partial charge in [-0.1, -0.05) is 11.6 Å². The van der Waals surface area contributed by atoms with Crippen molar-refractivity contribution >= 4 is 34.2 Å². The number of nitro groups is 1. The lowest BCUT2D eigenvalue weighted by molar-refractivity contribution is -0.383. The van der Waals surface area contributed by atoms with Crippen molar-refractivity contribution in [1.82, 2.24) is 4.57 Å². The number of nitrogens with two attached hydrogens (primary N) is 1. The molecule has 0 aliphatic carbocycles. The quantitative estimate of drug-likeness (QED) is 0.659. The van der Waals surface area contributed by atoms with E-state index in [0.717, 1.165) is 0 Å². The summed E-state index contributed by atoms with van der Waals surface area (Å²) < 4.78 is 1.63. The van der Waals surface area contributed by atoms with Crippen LogP contribution in [0.15, 0.2) is 18.3 Å². The molecule has 0 bridgehead atoms. The average molecular weight is 298 g/mol. The SMILES string of the molecule is Cn1cc(CC(N)C(=O)O)c2c([N+](=O)[O-])ccc(Cl)c21. The summed E-state index contributed by atoms with van der Waals surface area (Å²) >= 11 is 6.06. The number of halogens is 1. The Labute approximate surface area is 118 Å². The molecule has 8 heteroatoms. The normalized spacial score (nSPS) is 12.6. The third-order valence-electron chi connectivity index (χ3n) is 3.08. The van der Waals surface area contributed by atoms with Crippen molar-refractivity contribution in [2.45, 2.75) is 12.5 Å². The van der Waals surface area contributed by atoms with E-state index in [2.05, 4.69) is 0 Å². The molecule has 0 saturated carbocycles. The van der Waals surface area contributed by atoms with Crippen LogP contribution in [0.5, 0.6) is 0 Å². The number of aryl methyl sites for hydroxylation is 1. The molecule has 0 aliphatic heterocycles. The lowest BCUT2D eigenvalue weighted by atomic mass is 10.0. The van der Waals surface area contributed by atoms with Crippen molar-refractivity contribution in [2.24, 2.45) is 12.8 Å². The summed E-state index contributed by atoms with van der Waals surface area (Å²) in [5, 5.41) is 20.7. The average Bonchev–Trinajstić information content (AvgIpc) is 2.67. The maximum absolute atomic E-state index is 11.1.